The van der Waals surface area contributed by atoms with Crippen molar-refractivity contribution in [3.63, 3.8) is 0 Å². The Hall–Kier alpha value is -0.880. The van der Waals surface area contributed by atoms with Crippen molar-refractivity contribution in [2.24, 2.45) is 4.74 Å². The molecule has 2 aliphatic rings. The van der Waals surface area contributed by atoms with Crippen LogP contribution in [0.3, 0.4) is 0 Å². The van der Waals surface area contributed by atoms with E-state index in [2.05, 4.69) is 45.4 Å². The smallest absolute Gasteiger partial charge is 0.228 e. The Morgan fingerprint density at radius 3 is 1.76 bits per heavy atom. The average molecular weight is 437 g/mol. The van der Waals surface area contributed by atoms with Crippen molar-refractivity contribution in [2.45, 2.75) is 77.3 Å². The van der Waals surface area contributed by atoms with Gasteiger partial charge in [-0.2, -0.15) is 0 Å². The average Bonchev–Trinajstić information content (AvgIpc) is 3.11. The molecule has 2 aliphatic heterocycles. The van der Waals surface area contributed by atoms with Crippen molar-refractivity contribution in [2.75, 3.05) is 31.5 Å². The van der Waals surface area contributed by atoms with Crippen molar-refractivity contribution in [3.8, 4) is 0 Å². The molecule has 1 aromatic rings. The summed E-state index contributed by atoms with van der Waals surface area (Å²) >= 11 is 5.78. The highest BCUT2D eigenvalue weighted by atomic mass is 32.1. The van der Waals surface area contributed by atoms with E-state index in [-0.39, 0.29) is 5.16 Å². The van der Waals surface area contributed by atoms with Crippen molar-refractivity contribution in [1.82, 2.24) is 19.3 Å². The van der Waals surface area contributed by atoms with Gasteiger partial charge in [-0.1, -0.05) is 46.5 Å². The molecule has 3 rings (SSSR count). The molecule has 162 valence electrons. The zero-order valence-corrected chi connectivity index (χ0v) is 20.0. The van der Waals surface area contributed by atoms with Gasteiger partial charge in [0, 0.05) is 43.7 Å². The molecule has 29 heavy (non-hydrogen) atoms. The van der Waals surface area contributed by atoms with Gasteiger partial charge in [-0.3, -0.25) is 14.7 Å². The highest BCUT2D eigenvalue weighted by Crippen LogP contribution is 2.66. The van der Waals surface area contributed by atoms with E-state index in [1.54, 1.807) is 12.4 Å². The number of nitrogens with one attached hydrogen (secondary N) is 1. The summed E-state index contributed by atoms with van der Waals surface area (Å²) in [5, 5.41) is 3.74. The van der Waals surface area contributed by atoms with Gasteiger partial charge < -0.3 is 0 Å². The minimum atomic E-state index is -2.05. The Bertz CT molecular complexity index is 678. The first-order valence-electron chi connectivity index (χ1n) is 11.1. The van der Waals surface area contributed by atoms with Crippen molar-refractivity contribution >= 4 is 30.6 Å². The number of hydrogen-bond donors (Lipinski definition) is 1. The first-order chi connectivity index (χ1) is 13.9. The van der Waals surface area contributed by atoms with E-state index >= 15 is 0 Å². The molecule has 0 aromatic carbocycles. The molecule has 0 atom stereocenters. The summed E-state index contributed by atoms with van der Waals surface area (Å²) in [7, 11) is -2.05. The van der Waals surface area contributed by atoms with Crippen molar-refractivity contribution in [3.05, 3.63) is 18.5 Å². The molecule has 1 aromatic heterocycles. The second-order valence-electron chi connectivity index (χ2n) is 9.08. The number of anilines is 1. The third kappa shape index (κ3) is 5.63. The molecular weight excluding hydrogens is 399 g/mol. The predicted octanol–water partition coefficient (Wildman–Crippen LogP) is 5.76. The fourth-order valence-corrected chi connectivity index (χ4v) is 9.61. The summed E-state index contributed by atoms with van der Waals surface area (Å²) in [6.45, 7) is 11.6. The van der Waals surface area contributed by atoms with Gasteiger partial charge in [-0.25, -0.2) is 14.7 Å². The van der Waals surface area contributed by atoms with Crippen LogP contribution in [0.5, 0.6) is 0 Å². The molecular formula is C21H37N6PS. The third-order valence-electron chi connectivity index (χ3n) is 5.87. The van der Waals surface area contributed by atoms with E-state index in [4.69, 9.17) is 17.0 Å². The van der Waals surface area contributed by atoms with Crippen LogP contribution in [0.4, 0.5) is 5.95 Å². The Labute approximate surface area is 182 Å². The normalized spacial score (nSPS) is 20.5. The van der Waals surface area contributed by atoms with Crippen LogP contribution in [-0.2, 0) is 0 Å². The highest BCUT2D eigenvalue weighted by Gasteiger charge is 2.44. The number of nitrogens with zero attached hydrogens (tertiary/aromatic N) is 5. The largest absolute Gasteiger partial charge is 0.299 e. The van der Waals surface area contributed by atoms with Gasteiger partial charge in [0.05, 0.1) is 0 Å². The lowest BCUT2D eigenvalue weighted by molar-refractivity contribution is 0.368. The van der Waals surface area contributed by atoms with Gasteiger partial charge in [0.1, 0.15) is 7.36 Å². The fourth-order valence-electron chi connectivity index (χ4n) is 4.58. The van der Waals surface area contributed by atoms with Crippen molar-refractivity contribution in [1.29, 1.82) is 0 Å². The number of aromatic nitrogens is 2. The molecule has 0 spiro atoms. The molecule has 1 N–H and O–H groups in total. The summed E-state index contributed by atoms with van der Waals surface area (Å²) in [4.78, 5) is 8.56. The van der Waals surface area contributed by atoms with E-state index < -0.39 is 7.36 Å². The van der Waals surface area contributed by atoms with Gasteiger partial charge in [0.25, 0.3) is 0 Å². The van der Waals surface area contributed by atoms with Crippen LogP contribution in [0.1, 0.15) is 72.1 Å². The van der Waals surface area contributed by atoms with Crippen LogP contribution in [0.2, 0.25) is 0 Å². The topological polar surface area (TPSA) is 56.7 Å². The first kappa shape index (κ1) is 22.8. The monoisotopic (exact) mass is 436 g/mol. The molecule has 6 nitrogen and oxygen atoms in total. The molecule has 0 saturated carbocycles. The molecule has 0 bridgehead atoms. The molecule has 8 heteroatoms. The van der Waals surface area contributed by atoms with Gasteiger partial charge in [0.2, 0.25) is 11.1 Å². The van der Waals surface area contributed by atoms with E-state index in [1.807, 2.05) is 6.07 Å². The minimum absolute atomic E-state index is 0.0188. The second kappa shape index (κ2) is 10.4. The lowest BCUT2D eigenvalue weighted by atomic mass is 10.2. The second-order valence-corrected chi connectivity index (χ2v) is 13.3. The molecule has 2 saturated heterocycles. The van der Waals surface area contributed by atoms with E-state index in [1.165, 1.54) is 51.4 Å². The maximum atomic E-state index is 5.78. The number of hydrogen-bond acceptors (Lipinski definition) is 3. The van der Waals surface area contributed by atoms with Gasteiger partial charge >= 0.3 is 0 Å². The van der Waals surface area contributed by atoms with Crippen LogP contribution in [0.25, 0.3) is 0 Å². The zero-order valence-electron chi connectivity index (χ0n) is 18.3. The highest BCUT2D eigenvalue weighted by molar-refractivity contribution is 7.81. The Kier molecular flexibility index (Phi) is 8.20. The Morgan fingerprint density at radius 1 is 0.897 bits per heavy atom. The Balaban J connectivity index is 2.04. The van der Waals surface area contributed by atoms with E-state index in [0.29, 0.717) is 11.1 Å². The van der Waals surface area contributed by atoms with Crippen molar-refractivity contribution < 1.29 is 0 Å². The van der Waals surface area contributed by atoms with Gasteiger partial charge in [0.15, 0.2) is 0 Å². The predicted molar refractivity (Wildman–Crippen MR) is 127 cm³/mol. The summed E-state index contributed by atoms with van der Waals surface area (Å²) < 4.78 is 10.9. The summed E-state index contributed by atoms with van der Waals surface area (Å²) in [6, 6.07) is 1.81. The minimum Gasteiger partial charge on any atom is -0.299 e. The quantitative estimate of drug-likeness (QED) is 0.481. The van der Waals surface area contributed by atoms with E-state index in [0.717, 1.165) is 26.2 Å². The van der Waals surface area contributed by atoms with Gasteiger partial charge in [-0.15, -0.1) is 0 Å². The zero-order chi connectivity index (χ0) is 20.7. The fraction of sp³-hybridized carbons (Fsp3) is 0.762. The summed E-state index contributed by atoms with van der Waals surface area (Å²) in [5.41, 5.74) is 0. The van der Waals surface area contributed by atoms with Gasteiger partial charge in [-0.05, 0) is 44.0 Å². The SMILES string of the molecule is CC(C)(C)P(=NC(=S)Nc1ncccn1)(N1CCCCCC1)N1CCCCCC1. The molecule has 3 heterocycles. The van der Waals surface area contributed by atoms with Crippen LogP contribution < -0.4 is 5.32 Å². The molecule has 0 amide bonds. The number of thiocarbonyl (C=S) groups is 1. The maximum absolute atomic E-state index is 5.78. The molecule has 2 fully saturated rings. The lowest BCUT2D eigenvalue weighted by Crippen LogP contribution is -2.42. The van der Waals surface area contributed by atoms with Crippen LogP contribution in [0, 0.1) is 0 Å². The third-order valence-corrected chi connectivity index (χ3v) is 10.9. The molecule has 0 aliphatic carbocycles. The standard InChI is InChI=1S/C21H37N6PS/c1-21(2,3)28(26-15-8-4-5-9-16-26,27-17-10-6-7-11-18-27)25-20(29)24-19-22-13-12-14-23-19/h12-14H,4-11,15-18H2,1-3H3,(H,22,23,24,29). The molecule has 0 unspecified atom stereocenters. The van der Waals surface area contributed by atoms with Crippen LogP contribution in [-0.4, -0.2) is 55.8 Å². The van der Waals surface area contributed by atoms with Crippen LogP contribution >= 0.6 is 19.6 Å². The number of rotatable bonds is 3. The summed E-state index contributed by atoms with van der Waals surface area (Å²) in [5.74, 6) is 0.528. The van der Waals surface area contributed by atoms with Crippen LogP contribution in [0.15, 0.2) is 23.2 Å². The molecule has 0 radical (unpaired) electrons. The lowest BCUT2D eigenvalue weighted by Gasteiger charge is -2.50. The maximum Gasteiger partial charge on any atom is 0.228 e. The van der Waals surface area contributed by atoms with E-state index in [9.17, 15) is 0 Å². The first-order valence-corrected chi connectivity index (χ1v) is 13.2. The summed E-state index contributed by atoms with van der Waals surface area (Å²) in [6.07, 6.45) is 13.8. The Morgan fingerprint density at radius 2 is 1.34 bits per heavy atom.